The Kier molecular flexibility index (Phi) is 3.77. The number of hydrogen-bond donors (Lipinski definition) is 1. The summed E-state index contributed by atoms with van der Waals surface area (Å²) in [6.07, 6.45) is 1.83. The van der Waals surface area contributed by atoms with Crippen LogP contribution in [-0.4, -0.2) is 13.6 Å². The topological polar surface area (TPSA) is 12.0 Å². The van der Waals surface area contributed by atoms with Gasteiger partial charge in [-0.3, -0.25) is 0 Å². The minimum atomic E-state index is -0.497. The van der Waals surface area contributed by atoms with Gasteiger partial charge in [-0.05, 0) is 49.1 Å². The van der Waals surface area contributed by atoms with Crippen LogP contribution >= 0.6 is 0 Å². The quantitative estimate of drug-likeness (QED) is 0.896. The molecule has 0 unspecified atom stereocenters. The van der Waals surface area contributed by atoms with Crippen LogP contribution in [0.4, 0.5) is 8.78 Å². The summed E-state index contributed by atoms with van der Waals surface area (Å²) in [7, 11) is 1.88. The van der Waals surface area contributed by atoms with Crippen LogP contribution in [-0.2, 0) is 5.41 Å². The second kappa shape index (κ2) is 5.57. The van der Waals surface area contributed by atoms with Gasteiger partial charge in [0.1, 0.15) is 11.6 Å². The van der Waals surface area contributed by atoms with E-state index in [1.165, 1.54) is 17.7 Å². The number of nitrogens with one attached hydrogen (secondary N) is 1. The summed E-state index contributed by atoms with van der Waals surface area (Å²) in [6, 6.07) is 14.2. The monoisotopic (exact) mass is 287 g/mol. The third-order valence-electron chi connectivity index (χ3n) is 4.54. The van der Waals surface area contributed by atoms with Crippen LogP contribution in [0.5, 0.6) is 0 Å². The van der Waals surface area contributed by atoms with Gasteiger partial charge in [0, 0.05) is 18.0 Å². The second-order valence-corrected chi connectivity index (χ2v) is 5.98. The first-order valence-corrected chi connectivity index (χ1v) is 7.29. The van der Waals surface area contributed by atoms with E-state index in [2.05, 4.69) is 17.4 Å². The summed E-state index contributed by atoms with van der Waals surface area (Å²) in [5.41, 5.74) is 1.90. The number of likely N-dealkylation sites (N-methyl/N-ethyl adjacent to an activating group) is 1. The molecule has 2 aromatic rings. The zero-order valence-electron chi connectivity index (χ0n) is 12.1. The summed E-state index contributed by atoms with van der Waals surface area (Å²) in [4.78, 5) is 0. The van der Waals surface area contributed by atoms with Crippen molar-refractivity contribution in [2.24, 2.45) is 0 Å². The molecular formula is C18H19F2N. The largest absolute Gasteiger partial charge is 0.319 e. The molecule has 0 radical (unpaired) electrons. The van der Waals surface area contributed by atoms with E-state index in [4.69, 9.17) is 0 Å². The molecule has 0 atom stereocenters. The lowest BCUT2D eigenvalue weighted by molar-refractivity contribution is 0.196. The van der Waals surface area contributed by atoms with Gasteiger partial charge in [-0.1, -0.05) is 30.3 Å². The third-order valence-corrected chi connectivity index (χ3v) is 4.54. The van der Waals surface area contributed by atoms with E-state index in [0.717, 1.165) is 31.0 Å². The highest BCUT2D eigenvalue weighted by Gasteiger charge is 2.45. The minimum Gasteiger partial charge on any atom is -0.319 e. The molecule has 1 nitrogen and oxygen atoms in total. The Bertz CT molecular complexity index is 598. The maximum absolute atomic E-state index is 13.5. The summed E-state index contributed by atoms with van der Waals surface area (Å²) >= 11 is 0. The van der Waals surface area contributed by atoms with Gasteiger partial charge in [-0.2, -0.15) is 0 Å². The van der Waals surface area contributed by atoms with Gasteiger partial charge < -0.3 is 5.32 Å². The normalized spacial score (nSPS) is 24.6. The SMILES string of the molecule is CNCC1(c2cc(F)cc(F)c2)CC(c2ccccc2)C1. The zero-order chi connectivity index (χ0) is 14.9. The predicted octanol–water partition coefficient (Wildman–Crippen LogP) is 4.00. The predicted molar refractivity (Wildman–Crippen MR) is 80.4 cm³/mol. The van der Waals surface area contributed by atoms with Gasteiger partial charge in [-0.15, -0.1) is 0 Å². The Hall–Kier alpha value is -1.74. The molecule has 0 heterocycles. The number of halogens is 2. The van der Waals surface area contributed by atoms with Gasteiger partial charge in [-0.25, -0.2) is 8.78 Å². The highest BCUT2D eigenvalue weighted by atomic mass is 19.1. The van der Waals surface area contributed by atoms with Crippen molar-refractivity contribution in [1.82, 2.24) is 5.32 Å². The lowest BCUT2D eigenvalue weighted by atomic mass is 9.57. The number of benzene rings is 2. The van der Waals surface area contributed by atoms with Crippen LogP contribution in [0.2, 0.25) is 0 Å². The fraction of sp³-hybridized carbons (Fsp3) is 0.333. The van der Waals surface area contributed by atoms with Crippen LogP contribution in [0.25, 0.3) is 0 Å². The van der Waals surface area contributed by atoms with Gasteiger partial charge in [0.25, 0.3) is 0 Å². The Morgan fingerprint density at radius 1 is 1.05 bits per heavy atom. The molecule has 1 aliphatic rings. The molecule has 0 aromatic heterocycles. The fourth-order valence-corrected chi connectivity index (χ4v) is 3.52. The zero-order valence-corrected chi connectivity index (χ0v) is 12.1. The first kappa shape index (κ1) is 14.2. The highest BCUT2D eigenvalue weighted by Crippen LogP contribution is 2.52. The Labute approximate surface area is 124 Å². The minimum absolute atomic E-state index is 0.168. The Morgan fingerprint density at radius 2 is 1.67 bits per heavy atom. The highest BCUT2D eigenvalue weighted by molar-refractivity contribution is 5.35. The van der Waals surface area contributed by atoms with Gasteiger partial charge in [0.05, 0.1) is 0 Å². The molecule has 1 N–H and O–H groups in total. The maximum atomic E-state index is 13.5. The lowest BCUT2D eigenvalue weighted by Gasteiger charge is -2.48. The van der Waals surface area contributed by atoms with E-state index >= 15 is 0 Å². The second-order valence-electron chi connectivity index (χ2n) is 5.98. The number of hydrogen-bond acceptors (Lipinski definition) is 1. The fourth-order valence-electron chi connectivity index (χ4n) is 3.52. The third kappa shape index (κ3) is 2.70. The molecule has 110 valence electrons. The molecule has 21 heavy (non-hydrogen) atoms. The molecule has 1 aliphatic carbocycles. The van der Waals surface area contributed by atoms with Crippen molar-refractivity contribution in [3.8, 4) is 0 Å². The van der Waals surface area contributed by atoms with Crippen LogP contribution in [0.3, 0.4) is 0 Å². The van der Waals surface area contributed by atoms with E-state index in [-0.39, 0.29) is 5.41 Å². The van der Waals surface area contributed by atoms with Crippen molar-refractivity contribution in [3.05, 3.63) is 71.3 Å². The smallest absolute Gasteiger partial charge is 0.126 e. The molecule has 3 rings (SSSR count). The summed E-state index contributed by atoms with van der Waals surface area (Å²) in [6.45, 7) is 0.735. The van der Waals surface area contributed by atoms with Crippen molar-refractivity contribution in [3.63, 3.8) is 0 Å². The van der Waals surface area contributed by atoms with E-state index in [0.29, 0.717) is 5.92 Å². The van der Waals surface area contributed by atoms with Gasteiger partial charge in [0.15, 0.2) is 0 Å². The van der Waals surface area contributed by atoms with Crippen molar-refractivity contribution < 1.29 is 8.78 Å². The van der Waals surface area contributed by atoms with Crippen molar-refractivity contribution >= 4 is 0 Å². The molecule has 0 saturated heterocycles. The van der Waals surface area contributed by atoms with Crippen LogP contribution in [0.1, 0.15) is 29.9 Å². The van der Waals surface area contributed by atoms with Gasteiger partial charge in [0.2, 0.25) is 0 Å². The van der Waals surface area contributed by atoms with Gasteiger partial charge >= 0.3 is 0 Å². The van der Waals surface area contributed by atoms with Crippen LogP contribution < -0.4 is 5.32 Å². The molecule has 3 heteroatoms. The molecule has 1 fully saturated rings. The Morgan fingerprint density at radius 3 is 2.24 bits per heavy atom. The average Bonchev–Trinajstić information content (AvgIpc) is 2.42. The van der Waals surface area contributed by atoms with Crippen LogP contribution in [0.15, 0.2) is 48.5 Å². The van der Waals surface area contributed by atoms with E-state index in [9.17, 15) is 8.78 Å². The van der Waals surface area contributed by atoms with Crippen molar-refractivity contribution in [2.45, 2.75) is 24.2 Å². The molecule has 0 spiro atoms. The summed E-state index contributed by atoms with van der Waals surface area (Å²) in [5.74, 6) is -0.529. The van der Waals surface area contributed by atoms with Crippen molar-refractivity contribution in [1.29, 1.82) is 0 Å². The van der Waals surface area contributed by atoms with E-state index < -0.39 is 11.6 Å². The molecule has 0 bridgehead atoms. The Balaban J connectivity index is 1.86. The number of rotatable bonds is 4. The first-order chi connectivity index (χ1) is 10.1. The van der Waals surface area contributed by atoms with Crippen molar-refractivity contribution in [2.75, 3.05) is 13.6 Å². The van der Waals surface area contributed by atoms with Crippen LogP contribution in [0, 0.1) is 11.6 Å². The molecule has 2 aromatic carbocycles. The first-order valence-electron chi connectivity index (χ1n) is 7.29. The maximum Gasteiger partial charge on any atom is 0.126 e. The molecule has 0 amide bonds. The molecular weight excluding hydrogens is 268 g/mol. The molecule has 0 aliphatic heterocycles. The summed E-state index contributed by atoms with van der Waals surface area (Å²) in [5, 5.41) is 3.18. The lowest BCUT2D eigenvalue weighted by Crippen LogP contribution is -2.47. The average molecular weight is 287 g/mol. The standard InChI is InChI=1S/C18H19F2N/c1-21-12-18(15-7-16(19)9-17(20)8-15)10-14(11-18)13-5-3-2-4-6-13/h2-9,14,21H,10-12H2,1H3. The van der Waals surface area contributed by atoms with E-state index in [1.807, 2.05) is 25.2 Å². The van der Waals surface area contributed by atoms with E-state index in [1.54, 1.807) is 0 Å². The summed E-state index contributed by atoms with van der Waals surface area (Å²) < 4.78 is 27.0. The molecule has 1 saturated carbocycles.